The van der Waals surface area contributed by atoms with E-state index < -0.39 is 29.1 Å². The maximum Gasteiger partial charge on any atom is 0.0893 e. The van der Waals surface area contributed by atoms with Crippen molar-refractivity contribution in [3.8, 4) is 0 Å². The van der Waals surface area contributed by atoms with E-state index in [0.29, 0.717) is 0 Å². The molecule has 0 radical (unpaired) electrons. The smallest absolute Gasteiger partial charge is 0.0893 e. The van der Waals surface area contributed by atoms with Gasteiger partial charge < -0.3 is 0 Å². The van der Waals surface area contributed by atoms with Crippen LogP contribution in [0.25, 0.3) is 0 Å². The first-order valence-electron chi connectivity index (χ1n) is 2.44. The molecule has 1 rings (SSSR count). The van der Waals surface area contributed by atoms with Crippen LogP contribution in [0.4, 0.5) is 22.0 Å². The molecule has 0 aliphatic rings. The van der Waals surface area contributed by atoms with E-state index in [2.05, 4.69) is 0 Å². The van der Waals surface area contributed by atoms with Gasteiger partial charge in [0.1, 0.15) is 0 Å². The van der Waals surface area contributed by atoms with Crippen molar-refractivity contribution < 1.29 is 48.2 Å². The van der Waals surface area contributed by atoms with E-state index in [4.69, 9.17) is 0 Å². The number of hydrogen-bond donors (Lipinski definition) is 0. The zero-order valence-electron chi connectivity index (χ0n) is 5.39. The van der Waals surface area contributed by atoms with Crippen molar-refractivity contribution in [1.82, 2.24) is 0 Å². The molecule has 1 aromatic carbocycles. The molecule has 0 aliphatic heterocycles. The summed E-state index contributed by atoms with van der Waals surface area (Å²) in [6.45, 7) is 0. The Labute approximate surface area is 83.5 Å². The summed E-state index contributed by atoms with van der Waals surface area (Å²) >= 11 is 0. The maximum absolute atomic E-state index is 12.0. The Balaban J connectivity index is 0.00000121. The molecule has 6 heteroatoms. The normalized spacial score (nSPS) is 9.42. The van der Waals surface area contributed by atoms with Crippen LogP contribution >= 0.6 is 0 Å². The molecule has 0 aliphatic carbocycles. The minimum atomic E-state index is -2.17. The van der Waals surface area contributed by atoms with Crippen molar-refractivity contribution in [2.75, 3.05) is 0 Å². The van der Waals surface area contributed by atoms with Crippen LogP contribution in [0.1, 0.15) is 0 Å². The van der Waals surface area contributed by atoms with Crippen LogP contribution in [0.3, 0.4) is 0 Å². The molecule has 0 atom stereocenters. The Bertz CT molecular complexity index is 272. The van der Waals surface area contributed by atoms with Crippen LogP contribution < -0.4 is 0 Å². The molecule has 0 unspecified atom stereocenters. The second-order valence-electron chi connectivity index (χ2n) is 1.69. The van der Waals surface area contributed by atoms with Gasteiger partial charge in [0.05, 0.1) is 29.1 Å². The molecule has 0 bridgehead atoms. The van der Waals surface area contributed by atoms with Gasteiger partial charge in [0.15, 0.2) is 0 Å². The molecule has 0 heterocycles. The summed E-state index contributed by atoms with van der Waals surface area (Å²) < 4.78 is 59.9. The fourth-order valence-corrected chi connectivity index (χ4v) is 0.495. The predicted molar refractivity (Wildman–Crippen MR) is 25.1 cm³/mol. The van der Waals surface area contributed by atoms with Gasteiger partial charge in [-0.05, 0) is 0 Å². The minimum absolute atomic E-state index is 0. The Hall–Kier alpha value is -0.247. The Kier molecular flexibility index (Phi) is 4.04. The van der Waals surface area contributed by atoms with Gasteiger partial charge in [-0.25, -0.2) is 13.2 Å². The van der Waals surface area contributed by atoms with E-state index in [1.807, 2.05) is 0 Å². The standard InChI is InChI=1S/C6F5.Zr/c7-2-1-3(8)5(10)6(11)4(2)9;/q-1;. The number of rotatable bonds is 0. The predicted octanol–water partition coefficient (Wildman–Crippen LogP) is 2.18. The Morgan fingerprint density at radius 2 is 1.00 bits per heavy atom. The van der Waals surface area contributed by atoms with Gasteiger partial charge in [0, 0.05) is 26.2 Å². The third-order valence-electron chi connectivity index (χ3n) is 0.990. The summed E-state index contributed by atoms with van der Waals surface area (Å²) in [6, 6.07) is 1.02. The molecular weight excluding hydrogens is 258 g/mol. The van der Waals surface area contributed by atoms with Gasteiger partial charge >= 0.3 is 0 Å². The van der Waals surface area contributed by atoms with E-state index in [-0.39, 0.29) is 26.2 Å². The minimum Gasteiger partial charge on any atom is -0.278 e. The van der Waals surface area contributed by atoms with E-state index in [1.54, 1.807) is 0 Å². The Morgan fingerprint density at radius 1 is 0.667 bits per heavy atom. The maximum atomic E-state index is 12.0. The number of hydrogen-bond acceptors (Lipinski definition) is 0. The van der Waals surface area contributed by atoms with Gasteiger partial charge in [0.25, 0.3) is 0 Å². The first-order valence-corrected chi connectivity index (χ1v) is 2.44. The van der Waals surface area contributed by atoms with Crippen molar-refractivity contribution >= 4 is 0 Å². The summed E-state index contributed by atoms with van der Waals surface area (Å²) in [5.41, 5.74) is 0. The molecule has 0 fully saturated rings. The Morgan fingerprint density at radius 3 is 1.33 bits per heavy atom. The van der Waals surface area contributed by atoms with E-state index in [0.717, 1.165) is 6.07 Å². The van der Waals surface area contributed by atoms with Gasteiger partial charge in [-0.1, -0.05) is 0 Å². The molecule has 12 heavy (non-hydrogen) atoms. The zero-order chi connectivity index (χ0) is 8.59. The third-order valence-corrected chi connectivity index (χ3v) is 0.990. The van der Waals surface area contributed by atoms with Crippen molar-refractivity contribution in [3.05, 3.63) is 35.2 Å². The monoisotopic (exact) mass is 257 g/mol. The number of halogens is 5. The van der Waals surface area contributed by atoms with E-state index in [1.165, 1.54) is 0 Å². The molecule has 0 aromatic heterocycles. The van der Waals surface area contributed by atoms with Gasteiger partial charge in [-0.3, -0.25) is 8.78 Å². The van der Waals surface area contributed by atoms with Crippen LogP contribution in [0.2, 0.25) is 0 Å². The summed E-state index contributed by atoms with van der Waals surface area (Å²) in [5.74, 6) is -10.0. The molecular formula is C6F5Zr-. The van der Waals surface area contributed by atoms with Crippen LogP contribution in [-0.2, 0) is 26.2 Å². The largest absolute Gasteiger partial charge is 0.278 e. The molecule has 1 aromatic rings. The molecule has 0 amide bonds. The summed E-state index contributed by atoms with van der Waals surface area (Å²) in [5, 5.41) is 0. The van der Waals surface area contributed by atoms with E-state index in [9.17, 15) is 22.0 Å². The summed E-state index contributed by atoms with van der Waals surface area (Å²) in [7, 11) is 0. The van der Waals surface area contributed by atoms with Crippen LogP contribution in [0.5, 0.6) is 0 Å². The van der Waals surface area contributed by atoms with Crippen LogP contribution in [0.15, 0.2) is 0 Å². The van der Waals surface area contributed by atoms with Crippen molar-refractivity contribution in [3.63, 3.8) is 0 Å². The fraction of sp³-hybridized carbons (Fsp3) is 0. The SMILES string of the molecule is Fc1[c-]c(F)c(F)c(F)c1F.[Zr]. The average molecular weight is 258 g/mol. The van der Waals surface area contributed by atoms with Crippen molar-refractivity contribution in [2.45, 2.75) is 0 Å². The third kappa shape index (κ3) is 1.92. The van der Waals surface area contributed by atoms with Gasteiger partial charge in [-0.2, -0.15) is 0 Å². The molecule has 64 valence electrons. The first kappa shape index (κ1) is 11.8. The van der Waals surface area contributed by atoms with Gasteiger partial charge in [0.2, 0.25) is 0 Å². The number of benzene rings is 1. The average Bonchev–Trinajstić information content (AvgIpc) is 1.97. The van der Waals surface area contributed by atoms with E-state index >= 15 is 0 Å². The first-order chi connectivity index (χ1) is 5.04. The summed E-state index contributed by atoms with van der Waals surface area (Å²) in [6.07, 6.45) is 0. The van der Waals surface area contributed by atoms with Gasteiger partial charge in [-0.15, -0.1) is 6.07 Å². The van der Waals surface area contributed by atoms with Crippen LogP contribution in [-0.4, -0.2) is 0 Å². The fourth-order valence-electron chi connectivity index (χ4n) is 0.495. The van der Waals surface area contributed by atoms with Crippen LogP contribution in [0, 0.1) is 35.2 Å². The second-order valence-corrected chi connectivity index (χ2v) is 1.69. The summed E-state index contributed by atoms with van der Waals surface area (Å²) in [4.78, 5) is 0. The zero-order valence-corrected chi connectivity index (χ0v) is 7.85. The molecule has 0 saturated heterocycles. The van der Waals surface area contributed by atoms with Crippen molar-refractivity contribution in [2.24, 2.45) is 0 Å². The second kappa shape index (κ2) is 4.12. The molecule has 0 spiro atoms. The topological polar surface area (TPSA) is 0 Å². The quantitative estimate of drug-likeness (QED) is 0.289. The molecule has 0 N–H and O–H groups in total. The molecule has 0 nitrogen and oxygen atoms in total. The van der Waals surface area contributed by atoms with Crippen molar-refractivity contribution in [1.29, 1.82) is 0 Å². The molecule has 0 saturated carbocycles.